The number of nitrogens with one attached hydrogen (secondary N) is 1. The number of rotatable bonds is 8. The molecule has 130 valence electrons. The standard InChI is InChI=1S/C19H22N4O2/c1-3-12-25-18-13-15(7-8-17(18)24-2)14-23-19(20)22-11-9-16-6-4-5-10-21-16/h1,4-8,10,13H,9,11-12,14H2,2H3,(H3,20,22,23). The highest BCUT2D eigenvalue weighted by molar-refractivity contribution is 5.77. The van der Waals surface area contributed by atoms with Gasteiger partial charge < -0.3 is 20.5 Å². The molecular weight excluding hydrogens is 316 g/mol. The molecule has 6 nitrogen and oxygen atoms in total. The van der Waals surface area contributed by atoms with Gasteiger partial charge in [0.05, 0.1) is 13.7 Å². The minimum Gasteiger partial charge on any atom is -0.493 e. The van der Waals surface area contributed by atoms with Gasteiger partial charge in [-0.15, -0.1) is 6.42 Å². The predicted molar refractivity (Wildman–Crippen MR) is 98.6 cm³/mol. The number of terminal acetylenes is 1. The van der Waals surface area contributed by atoms with Crippen molar-refractivity contribution in [1.82, 2.24) is 10.3 Å². The van der Waals surface area contributed by atoms with Gasteiger partial charge in [-0.1, -0.05) is 18.1 Å². The summed E-state index contributed by atoms with van der Waals surface area (Å²) in [5.74, 6) is 4.04. The van der Waals surface area contributed by atoms with E-state index in [0.29, 0.717) is 30.5 Å². The van der Waals surface area contributed by atoms with E-state index >= 15 is 0 Å². The highest BCUT2D eigenvalue weighted by Crippen LogP contribution is 2.28. The smallest absolute Gasteiger partial charge is 0.188 e. The first-order valence-electron chi connectivity index (χ1n) is 7.90. The van der Waals surface area contributed by atoms with Crippen molar-refractivity contribution in [3.05, 3.63) is 53.9 Å². The Bertz CT molecular complexity index is 739. The van der Waals surface area contributed by atoms with Crippen molar-refractivity contribution in [1.29, 1.82) is 0 Å². The van der Waals surface area contributed by atoms with Crippen LogP contribution in [0.25, 0.3) is 0 Å². The van der Waals surface area contributed by atoms with Crippen molar-refractivity contribution >= 4 is 5.96 Å². The second kappa shape index (κ2) is 9.83. The molecule has 2 aromatic rings. The maximum Gasteiger partial charge on any atom is 0.188 e. The third-order valence-electron chi connectivity index (χ3n) is 3.38. The lowest BCUT2D eigenvalue weighted by molar-refractivity contribution is 0.330. The number of nitrogens with two attached hydrogens (primary N) is 1. The molecule has 0 aliphatic carbocycles. The van der Waals surface area contributed by atoms with Crippen LogP contribution in [0.1, 0.15) is 11.3 Å². The summed E-state index contributed by atoms with van der Waals surface area (Å²) in [4.78, 5) is 8.59. The first-order valence-corrected chi connectivity index (χ1v) is 7.90. The van der Waals surface area contributed by atoms with Gasteiger partial charge in [-0.25, -0.2) is 4.99 Å². The lowest BCUT2D eigenvalue weighted by Crippen LogP contribution is -2.33. The molecule has 0 amide bonds. The molecule has 2 rings (SSSR count). The fourth-order valence-electron chi connectivity index (χ4n) is 2.15. The fraction of sp³-hybridized carbons (Fsp3) is 0.263. The second-order valence-electron chi connectivity index (χ2n) is 5.18. The zero-order valence-electron chi connectivity index (χ0n) is 14.2. The number of benzene rings is 1. The van der Waals surface area contributed by atoms with Gasteiger partial charge in [-0.2, -0.15) is 0 Å². The maximum atomic E-state index is 5.90. The molecular formula is C19H22N4O2. The van der Waals surface area contributed by atoms with E-state index in [4.69, 9.17) is 21.6 Å². The number of hydrogen-bond donors (Lipinski definition) is 2. The molecule has 0 aliphatic heterocycles. The summed E-state index contributed by atoms with van der Waals surface area (Å²) < 4.78 is 10.7. The first kappa shape index (κ1) is 18.1. The highest BCUT2D eigenvalue weighted by atomic mass is 16.5. The molecule has 1 aromatic carbocycles. The van der Waals surface area contributed by atoms with Gasteiger partial charge in [0.1, 0.15) is 6.61 Å². The number of hydrogen-bond acceptors (Lipinski definition) is 4. The molecule has 0 fully saturated rings. The van der Waals surface area contributed by atoms with Crippen molar-refractivity contribution in [3.8, 4) is 23.8 Å². The topological polar surface area (TPSA) is 81.8 Å². The molecule has 0 aliphatic rings. The van der Waals surface area contributed by atoms with Gasteiger partial charge in [-0.3, -0.25) is 4.98 Å². The van der Waals surface area contributed by atoms with E-state index in [9.17, 15) is 0 Å². The van der Waals surface area contributed by atoms with Crippen LogP contribution in [0, 0.1) is 12.3 Å². The first-order chi connectivity index (χ1) is 12.2. The lowest BCUT2D eigenvalue weighted by atomic mass is 10.2. The molecule has 0 spiro atoms. The Hall–Kier alpha value is -3.20. The average Bonchev–Trinajstić information content (AvgIpc) is 2.65. The Morgan fingerprint density at radius 3 is 2.92 bits per heavy atom. The molecule has 0 atom stereocenters. The molecule has 3 N–H and O–H groups in total. The van der Waals surface area contributed by atoms with Crippen LogP contribution in [0.5, 0.6) is 11.5 Å². The number of guanidine groups is 1. The predicted octanol–water partition coefficient (Wildman–Crippen LogP) is 1.75. The minimum absolute atomic E-state index is 0.181. The molecule has 25 heavy (non-hydrogen) atoms. The van der Waals surface area contributed by atoms with E-state index in [1.54, 1.807) is 13.3 Å². The molecule has 0 unspecified atom stereocenters. The Morgan fingerprint density at radius 2 is 2.20 bits per heavy atom. The van der Waals surface area contributed by atoms with Gasteiger partial charge in [-0.05, 0) is 29.8 Å². The quantitative estimate of drug-likeness (QED) is 0.435. The molecule has 6 heteroatoms. The van der Waals surface area contributed by atoms with Crippen molar-refractivity contribution < 1.29 is 9.47 Å². The van der Waals surface area contributed by atoms with Crippen molar-refractivity contribution in [2.45, 2.75) is 13.0 Å². The summed E-state index contributed by atoms with van der Waals surface area (Å²) in [6.07, 6.45) is 7.78. The SMILES string of the molecule is C#CCOc1cc(CN=C(N)NCCc2ccccn2)ccc1OC. The van der Waals surface area contributed by atoms with Gasteiger partial charge >= 0.3 is 0 Å². The van der Waals surface area contributed by atoms with Crippen molar-refractivity contribution in [3.63, 3.8) is 0 Å². The van der Waals surface area contributed by atoms with E-state index in [-0.39, 0.29) is 6.61 Å². The van der Waals surface area contributed by atoms with Crippen LogP contribution in [0.15, 0.2) is 47.6 Å². The lowest BCUT2D eigenvalue weighted by Gasteiger charge is -2.10. The summed E-state index contributed by atoms with van der Waals surface area (Å²) in [6, 6.07) is 11.4. The Morgan fingerprint density at radius 1 is 1.32 bits per heavy atom. The second-order valence-corrected chi connectivity index (χ2v) is 5.18. The number of ether oxygens (including phenoxy) is 2. The van der Waals surface area contributed by atoms with Crippen LogP contribution in [-0.2, 0) is 13.0 Å². The average molecular weight is 338 g/mol. The van der Waals surface area contributed by atoms with Gasteiger partial charge in [0.25, 0.3) is 0 Å². The van der Waals surface area contributed by atoms with Crippen LogP contribution in [0.3, 0.4) is 0 Å². The molecule has 0 saturated heterocycles. The number of nitrogens with zero attached hydrogens (tertiary/aromatic N) is 2. The Balaban J connectivity index is 1.88. The summed E-state index contributed by atoms with van der Waals surface area (Å²) in [5.41, 5.74) is 7.85. The van der Waals surface area contributed by atoms with Crippen LogP contribution < -0.4 is 20.5 Å². The number of aromatic nitrogens is 1. The molecule has 0 radical (unpaired) electrons. The summed E-state index contributed by atoms with van der Waals surface area (Å²) >= 11 is 0. The molecule has 0 bridgehead atoms. The van der Waals surface area contributed by atoms with E-state index in [1.807, 2.05) is 36.4 Å². The largest absolute Gasteiger partial charge is 0.493 e. The highest BCUT2D eigenvalue weighted by Gasteiger charge is 2.05. The van der Waals surface area contributed by atoms with E-state index in [2.05, 4.69) is 21.2 Å². The normalized spacial score (nSPS) is 10.8. The minimum atomic E-state index is 0.181. The van der Waals surface area contributed by atoms with Crippen LogP contribution >= 0.6 is 0 Å². The molecule has 1 heterocycles. The van der Waals surface area contributed by atoms with E-state index in [0.717, 1.165) is 17.7 Å². The zero-order chi connectivity index (χ0) is 17.9. The van der Waals surface area contributed by atoms with Crippen LogP contribution in [0.4, 0.5) is 0 Å². The van der Waals surface area contributed by atoms with E-state index in [1.165, 1.54) is 0 Å². The fourth-order valence-corrected chi connectivity index (χ4v) is 2.15. The van der Waals surface area contributed by atoms with Gasteiger partial charge in [0.15, 0.2) is 17.5 Å². The Labute approximate surface area is 148 Å². The summed E-state index contributed by atoms with van der Waals surface area (Å²) in [5, 5.41) is 3.08. The molecule has 0 saturated carbocycles. The van der Waals surface area contributed by atoms with Gasteiger partial charge in [0, 0.05) is 24.9 Å². The maximum absolute atomic E-state index is 5.90. The zero-order valence-corrected chi connectivity index (χ0v) is 14.2. The third kappa shape index (κ3) is 6.07. The Kier molecular flexibility index (Phi) is 7.13. The monoisotopic (exact) mass is 338 g/mol. The third-order valence-corrected chi connectivity index (χ3v) is 3.38. The summed E-state index contributed by atoms with van der Waals surface area (Å²) in [7, 11) is 1.58. The summed E-state index contributed by atoms with van der Waals surface area (Å²) in [6.45, 7) is 1.28. The number of pyridine rings is 1. The van der Waals surface area contributed by atoms with Gasteiger partial charge in [0.2, 0.25) is 0 Å². The van der Waals surface area contributed by atoms with Crippen LogP contribution in [0.2, 0.25) is 0 Å². The van der Waals surface area contributed by atoms with Crippen LogP contribution in [-0.4, -0.2) is 31.2 Å². The van der Waals surface area contributed by atoms with Crippen molar-refractivity contribution in [2.24, 2.45) is 10.7 Å². The van der Waals surface area contributed by atoms with Crippen molar-refractivity contribution in [2.75, 3.05) is 20.3 Å². The number of aliphatic imine (C=N–C) groups is 1. The number of methoxy groups -OCH3 is 1. The molecule has 1 aromatic heterocycles. The van der Waals surface area contributed by atoms with E-state index < -0.39 is 0 Å².